The Morgan fingerprint density at radius 2 is 1.69 bits per heavy atom. The molecule has 1 aliphatic rings. The number of hydrogen-bond donors (Lipinski definition) is 0. The van der Waals surface area contributed by atoms with Crippen LogP contribution in [0.3, 0.4) is 0 Å². The van der Waals surface area contributed by atoms with E-state index in [0.717, 1.165) is 5.56 Å². The van der Waals surface area contributed by atoms with Gasteiger partial charge in [0.25, 0.3) is 0 Å². The van der Waals surface area contributed by atoms with Gasteiger partial charge in [-0.3, -0.25) is 0 Å². The quantitative estimate of drug-likeness (QED) is 0.746. The van der Waals surface area contributed by atoms with Gasteiger partial charge in [0.1, 0.15) is 5.82 Å². The first-order chi connectivity index (χ1) is 7.77. The fourth-order valence-corrected chi connectivity index (χ4v) is 1.79. The second kappa shape index (κ2) is 6.18. The van der Waals surface area contributed by atoms with Gasteiger partial charge in [-0.05, 0) is 12.1 Å². The van der Waals surface area contributed by atoms with Crippen molar-refractivity contribution < 1.29 is 13.9 Å². The lowest BCUT2D eigenvalue weighted by Crippen LogP contribution is -2.29. The van der Waals surface area contributed by atoms with Crippen LogP contribution in [0.2, 0.25) is 0 Å². The molecule has 2 rings (SSSR count). The van der Waals surface area contributed by atoms with Crippen LogP contribution in [0.1, 0.15) is 19.4 Å². The van der Waals surface area contributed by atoms with Crippen LogP contribution in [0.5, 0.6) is 0 Å². The minimum absolute atomic E-state index is 0.207. The minimum atomic E-state index is -0.880. The number of alkyl halides is 1. The molecule has 0 atom stereocenters. The summed E-state index contributed by atoms with van der Waals surface area (Å²) in [5.41, 5.74) is 0.756. The minimum Gasteiger partial charge on any atom is -0.342 e. The highest BCUT2D eigenvalue weighted by molar-refractivity contribution is 6.18. The molecule has 0 saturated carbocycles. The zero-order valence-electron chi connectivity index (χ0n) is 9.50. The lowest BCUT2D eigenvalue weighted by Gasteiger charge is -2.24. The highest BCUT2D eigenvalue weighted by atomic mass is 35.5. The number of ether oxygens (including phenoxy) is 2. The lowest BCUT2D eigenvalue weighted by atomic mass is 10.1. The van der Waals surface area contributed by atoms with E-state index in [2.05, 4.69) is 0 Å². The second-order valence-corrected chi connectivity index (χ2v) is 3.36. The second-order valence-electron chi connectivity index (χ2n) is 3.09. The molecule has 1 heterocycles. The fraction of sp³-hybridized carbons (Fsp3) is 0.500. The van der Waals surface area contributed by atoms with E-state index < -0.39 is 5.79 Å². The maximum atomic E-state index is 12.7. The standard InChI is InChI=1S/C10H10ClFO2.C2H6/c11-7-10(13-5-6-14-10)8-1-3-9(12)4-2-8;1-2/h1-4H,5-7H2;1-2H3. The van der Waals surface area contributed by atoms with E-state index in [1.54, 1.807) is 12.1 Å². The smallest absolute Gasteiger partial charge is 0.208 e. The Morgan fingerprint density at radius 3 is 2.12 bits per heavy atom. The van der Waals surface area contributed by atoms with Crippen molar-refractivity contribution >= 4 is 11.6 Å². The van der Waals surface area contributed by atoms with Gasteiger partial charge in [0.2, 0.25) is 5.79 Å². The van der Waals surface area contributed by atoms with Crippen LogP contribution in [0.25, 0.3) is 0 Å². The monoisotopic (exact) mass is 246 g/mol. The fourth-order valence-electron chi connectivity index (χ4n) is 1.48. The van der Waals surface area contributed by atoms with Gasteiger partial charge in [0, 0.05) is 5.56 Å². The normalized spacial score (nSPS) is 17.8. The first-order valence-electron chi connectivity index (χ1n) is 5.37. The molecule has 0 unspecified atom stereocenters. The Morgan fingerprint density at radius 1 is 1.19 bits per heavy atom. The van der Waals surface area contributed by atoms with Crippen LogP contribution >= 0.6 is 11.6 Å². The zero-order chi connectivity index (χ0) is 12.0. The van der Waals surface area contributed by atoms with Gasteiger partial charge in [0.15, 0.2) is 0 Å². The van der Waals surface area contributed by atoms with E-state index in [0.29, 0.717) is 13.2 Å². The van der Waals surface area contributed by atoms with E-state index >= 15 is 0 Å². The predicted octanol–water partition coefficient (Wildman–Crippen LogP) is 3.29. The third-order valence-corrected chi connectivity index (χ3v) is 2.57. The third kappa shape index (κ3) is 2.73. The van der Waals surface area contributed by atoms with Crippen LogP contribution in [0.15, 0.2) is 24.3 Å². The zero-order valence-corrected chi connectivity index (χ0v) is 10.3. The highest BCUT2D eigenvalue weighted by Crippen LogP contribution is 2.32. The van der Waals surface area contributed by atoms with Gasteiger partial charge >= 0.3 is 0 Å². The summed E-state index contributed by atoms with van der Waals surface area (Å²) in [6.07, 6.45) is 0. The van der Waals surface area contributed by atoms with Crippen molar-refractivity contribution in [2.75, 3.05) is 19.1 Å². The van der Waals surface area contributed by atoms with Crippen molar-refractivity contribution in [1.29, 1.82) is 0 Å². The van der Waals surface area contributed by atoms with E-state index in [-0.39, 0.29) is 11.7 Å². The average molecular weight is 247 g/mol. The molecular weight excluding hydrogens is 231 g/mol. The molecule has 1 aliphatic heterocycles. The van der Waals surface area contributed by atoms with Crippen molar-refractivity contribution in [2.24, 2.45) is 0 Å². The van der Waals surface area contributed by atoms with Crippen LogP contribution in [0.4, 0.5) is 4.39 Å². The average Bonchev–Trinajstić information content (AvgIpc) is 2.82. The van der Waals surface area contributed by atoms with Gasteiger partial charge in [0.05, 0.1) is 19.1 Å². The molecule has 0 bridgehead atoms. The molecular formula is C12H16ClFO2. The number of benzene rings is 1. The van der Waals surface area contributed by atoms with E-state index in [9.17, 15) is 4.39 Å². The van der Waals surface area contributed by atoms with E-state index in [4.69, 9.17) is 21.1 Å². The van der Waals surface area contributed by atoms with Crippen molar-refractivity contribution in [1.82, 2.24) is 0 Å². The predicted molar refractivity (Wildman–Crippen MR) is 62.1 cm³/mol. The van der Waals surface area contributed by atoms with Crippen LogP contribution in [0, 0.1) is 5.82 Å². The third-order valence-electron chi connectivity index (χ3n) is 2.21. The van der Waals surface area contributed by atoms with Gasteiger partial charge < -0.3 is 9.47 Å². The SMILES string of the molecule is CC.Fc1ccc(C2(CCl)OCCO2)cc1. The molecule has 0 amide bonds. The molecule has 0 aliphatic carbocycles. The molecule has 0 N–H and O–H groups in total. The largest absolute Gasteiger partial charge is 0.342 e. The molecule has 90 valence electrons. The van der Waals surface area contributed by atoms with Gasteiger partial charge in [-0.15, -0.1) is 11.6 Å². The summed E-state index contributed by atoms with van der Waals surface area (Å²) in [5, 5.41) is 0. The molecule has 0 radical (unpaired) electrons. The van der Waals surface area contributed by atoms with Gasteiger partial charge in [-0.25, -0.2) is 4.39 Å². The Kier molecular flexibility index (Phi) is 5.19. The maximum absolute atomic E-state index is 12.7. The van der Waals surface area contributed by atoms with Crippen molar-refractivity contribution in [3.05, 3.63) is 35.6 Å². The molecule has 1 saturated heterocycles. The summed E-state index contributed by atoms with van der Waals surface area (Å²) in [6, 6.07) is 6.00. The Hall–Kier alpha value is -0.640. The number of hydrogen-bond acceptors (Lipinski definition) is 2. The molecule has 1 aromatic rings. The molecule has 1 fully saturated rings. The number of halogens is 2. The molecule has 4 heteroatoms. The van der Waals surface area contributed by atoms with Crippen LogP contribution < -0.4 is 0 Å². The summed E-state index contributed by atoms with van der Waals surface area (Å²) in [4.78, 5) is 0. The van der Waals surface area contributed by atoms with E-state index in [1.165, 1.54) is 12.1 Å². The topological polar surface area (TPSA) is 18.5 Å². The molecule has 2 nitrogen and oxygen atoms in total. The first-order valence-corrected chi connectivity index (χ1v) is 5.90. The molecule has 0 aromatic heterocycles. The van der Waals surface area contributed by atoms with Gasteiger partial charge in [-0.2, -0.15) is 0 Å². The van der Waals surface area contributed by atoms with Crippen molar-refractivity contribution in [3.8, 4) is 0 Å². The summed E-state index contributed by atoms with van der Waals surface area (Å²) >= 11 is 5.80. The first kappa shape index (κ1) is 13.4. The summed E-state index contributed by atoms with van der Waals surface area (Å²) in [5.74, 6) is -0.954. The summed E-state index contributed by atoms with van der Waals surface area (Å²) < 4.78 is 23.6. The Balaban J connectivity index is 0.000000606. The van der Waals surface area contributed by atoms with Crippen LogP contribution in [-0.4, -0.2) is 19.1 Å². The summed E-state index contributed by atoms with van der Waals surface area (Å²) in [6.45, 7) is 5.04. The van der Waals surface area contributed by atoms with Gasteiger partial charge in [-0.1, -0.05) is 26.0 Å². The van der Waals surface area contributed by atoms with Crippen LogP contribution in [-0.2, 0) is 15.3 Å². The Labute approximate surface area is 100 Å². The maximum Gasteiger partial charge on any atom is 0.208 e. The summed E-state index contributed by atoms with van der Waals surface area (Å²) in [7, 11) is 0. The molecule has 16 heavy (non-hydrogen) atoms. The van der Waals surface area contributed by atoms with Crippen molar-refractivity contribution in [3.63, 3.8) is 0 Å². The van der Waals surface area contributed by atoms with Crippen molar-refractivity contribution in [2.45, 2.75) is 19.6 Å². The van der Waals surface area contributed by atoms with E-state index in [1.807, 2.05) is 13.8 Å². The number of rotatable bonds is 2. The Bertz CT molecular complexity index is 307. The highest BCUT2D eigenvalue weighted by Gasteiger charge is 2.37. The molecule has 0 spiro atoms. The molecule has 1 aromatic carbocycles. The lowest BCUT2D eigenvalue weighted by molar-refractivity contribution is -0.146.